The number of imidazole rings is 1. The molecule has 0 radical (unpaired) electrons. The molecule has 36 heavy (non-hydrogen) atoms. The lowest BCUT2D eigenvalue weighted by Crippen LogP contribution is -2.55. The second kappa shape index (κ2) is 9.10. The van der Waals surface area contributed by atoms with Gasteiger partial charge in [0.1, 0.15) is 0 Å². The van der Waals surface area contributed by atoms with E-state index in [-0.39, 0.29) is 19.0 Å². The normalized spacial score (nSPS) is 15.8. The number of carbonyl (C=O) groups excluding carboxylic acids is 1. The number of fused-ring (bicyclic) bond motifs is 1. The Labute approximate surface area is 201 Å². The number of nitrogens with zero attached hydrogens (tertiary/aromatic N) is 4. The minimum absolute atomic E-state index is 0.225. The summed E-state index contributed by atoms with van der Waals surface area (Å²) < 4.78 is 38.3. The zero-order valence-corrected chi connectivity index (χ0v) is 18.8. The fraction of sp³-hybridized carbons (Fsp3) is 0.292. The Bertz CT molecular complexity index is 1520. The van der Waals surface area contributed by atoms with Crippen LogP contribution in [0.5, 0.6) is 0 Å². The summed E-state index contributed by atoms with van der Waals surface area (Å²) in [4.78, 5) is 44.8. The Morgan fingerprint density at radius 1 is 1.08 bits per heavy atom. The van der Waals surface area contributed by atoms with Crippen molar-refractivity contribution in [3.63, 3.8) is 0 Å². The highest BCUT2D eigenvalue weighted by Crippen LogP contribution is 2.42. The standard InChI is InChI=1S/C13H11N5O2.C11H10F3NO/c19-12-9(6-15-13(20)16-12)10-5-8(7-1-2-7)11-14-3-4-18(11)17-10;12-11(13,14)9-6-15(7-9)10(16)8-4-2-1-3-5-8/h3-7H,1-2H2,(H2,15,16,19,20);1-5,9H,6-7H2. The number of benzene rings is 1. The number of halogens is 3. The van der Waals surface area contributed by atoms with Crippen LogP contribution in [0.25, 0.3) is 16.9 Å². The van der Waals surface area contributed by atoms with Crippen LogP contribution in [0.3, 0.4) is 0 Å². The third-order valence-corrected chi connectivity index (χ3v) is 6.15. The number of hydrogen-bond acceptors (Lipinski definition) is 5. The fourth-order valence-corrected chi connectivity index (χ4v) is 3.98. The van der Waals surface area contributed by atoms with E-state index in [2.05, 4.69) is 20.1 Å². The molecule has 3 aromatic heterocycles. The van der Waals surface area contributed by atoms with Crippen LogP contribution in [0.4, 0.5) is 13.2 Å². The van der Waals surface area contributed by atoms with Crippen LogP contribution in [-0.4, -0.2) is 54.6 Å². The van der Waals surface area contributed by atoms with Gasteiger partial charge in [0, 0.05) is 42.8 Å². The number of hydrogen-bond donors (Lipinski definition) is 2. The molecule has 1 aliphatic carbocycles. The maximum absolute atomic E-state index is 12.2. The molecule has 9 nitrogen and oxygen atoms in total. The van der Waals surface area contributed by atoms with Crippen molar-refractivity contribution < 1.29 is 18.0 Å². The Morgan fingerprint density at radius 2 is 1.81 bits per heavy atom. The van der Waals surface area contributed by atoms with E-state index in [4.69, 9.17) is 0 Å². The molecule has 0 atom stereocenters. The number of alkyl halides is 3. The van der Waals surface area contributed by atoms with Crippen molar-refractivity contribution >= 4 is 11.6 Å². The third-order valence-electron chi connectivity index (χ3n) is 6.15. The van der Waals surface area contributed by atoms with Crippen LogP contribution >= 0.6 is 0 Å². The summed E-state index contributed by atoms with van der Waals surface area (Å²) in [5.41, 5.74) is 2.29. The first-order valence-electron chi connectivity index (χ1n) is 11.3. The highest BCUT2D eigenvalue weighted by Gasteiger charge is 2.48. The Balaban J connectivity index is 0.000000152. The van der Waals surface area contributed by atoms with Gasteiger partial charge in [-0.15, -0.1) is 0 Å². The first-order valence-corrected chi connectivity index (χ1v) is 11.3. The molecule has 1 saturated heterocycles. The molecule has 2 fully saturated rings. The Morgan fingerprint density at radius 3 is 2.44 bits per heavy atom. The number of amides is 1. The van der Waals surface area contributed by atoms with Gasteiger partial charge in [-0.2, -0.15) is 18.3 Å². The van der Waals surface area contributed by atoms with E-state index in [0.29, 0.717) is 22.7 Å². The van der Waals surface area contributed by atoms with Crippen LogP contribution in [0.2, 0.25) is 0 Å². The molecule has 6 rings (SSSR count). The molecule has 1 saturated carbocycles. The summed E-state index contributed by atoms with van der Waals surface area (Å²) in [6.07, 6.45) is 2.91. The van der Waals surface area contributed by atoms with E-state index in [1.165, 1.54) is 11.1 Å². The van der Waals surface area contributed by atoms with Crippen molar-refractivity contribution in [2.75, 3.05) is 13.1 Å². The van der Waals surface area contributed by atoms with Crippen molar-refractivity contribution in [1.82, 2.24) is 29.5 Å². The van der Waals surface area contributed by atoms with Crippen molar-refractivity contribution in [3.05, 3.63) is 87.0 Å². The van der Waals surface area contributed by atoms with E-state index in [1.807, 2.05) is 6.07 Å². The number of rotatable bonds is 3. The second-order valence-electron chi connectivity index (χ2n) is 8.75. The van der Waals surface area contributed by atoms with Crippen molar-refractivity contribution in [1.29, 1.82) is 0 Å². The lowest BCUT2D eigenvalue weighted by Gasteiger charge is -2.40. The molecule has 12 heteroatoms. The molecule has 1 aliphatic heterocycles. The molecule has 186 valence electrons. The van der Waals surface area contributed by atoms with Gasteiger partial charge in [0.2, 0.25) is 0 Å². The molecule has 1 amide bonds. The topological polar surface area (TPSA) is 116 Å². The fourth-order valence-electron chi connectivity index (χ4n) is 3.98. The Hall–Kier alpha value is -4.22. The SMILES string of the molecule is O=C(c1ccccc1)N1CC(C(F)(F)F)C1.O=c1[nH]cc(-c2cc(C3CC3)c3nccn3n2)c(=O)[nH]1. The van der Waals surface area contributed by atoms with Gasteiger partial charge >= 0.3 is 11.9 Å². The number of nitrogens with one attached hydrogen (secondary N) is 2. The number of likely N-dealkylation sites (tertiary alicyclic amines) is 1. The molecular weight excluding hydrogens is 477 g/mol. The second-order valence-corrected chi connectivity index (χ2v) is 8.75. The summed E-state index contributed by atoms with van der Waals surface area (Å²) in [5, 5.41) is 4.38. The molecule has 4 aromatic rings. The summed E-state index contributed by atoms with van der Waals surface area (Å²) in [5.74, 6) is -1.20. The first kappa shape index (κ1) is 23.5. The van der Waals surface area contributed by atoms with E-state index >= 15 is 0 Å². The van der Waals surface area contributed by atoms with Gasteiger partial charge < -0.3 is 9.88 Å². The molecular formula is C24H21F3N6O3. The number of H-pyrrole nitrogens is 2. The van der Waals surface area contributed by atoms with E-state index in [9.17, 15) is 27.6 Å². The molecule has 2 aliphatic rings. The van der Waals surface area contributed by atoms with Gasteiger partial charge in [0.15, 0.2) is 5.65 Å². The lowest BCUT2D eigenvalue weighted by molar-refractivity contribution is -0.202. The van der Waals surface area contributed by atoms with Crippen LogP contribution in [0.1, 0.15) is 34.7 Å². The zero-order chi connectivity index (χ0) is 25.4. The van der Waals surface area contributed by atoms with Crippen LogP contribution < -0.4 is 11.2 Å². The highest BCUT2D eigenvalue weighted by atomic mass is 19.4. The smallest absolute Gasteiger partial charge is 0.337 e. The summed E-state index contributed by atoms with van der Waals surface area (Å²) >= 11 is 0. The number of carbonyl (C=O) groups is 1. The van der Waals surface area contributed by atoms with Gasteiger partial charge in [-0.05, 0) is 37.0 Å². The van der Waals surface area contributed by atoms with Crippen LogP contribution in [0, 0.1) is 5.92 Å². The molecule has 0 spiro atoms. The van der Waals surface area contributed by atoms with Crippen LogP contribution in [-0.2, 0) is 0 Å². The number of aromatic nitrogens is 5. The van der Waals surface area contributed by atoms with E-state index in [1.54, 1.807) is 47.2 Å². The average molecular weight is 498 g/mol. The zero-order valence-electron chi connectivity index (χ0n) is 18.8. The third kappa shape index (κ3) is 4.79. The van der Waals surface area contributed by atoms with E-state index in [0.717, 1.165) is 24.1 Å². The van der Waals surface area contributed by atoms with E-state index < -0.39 is 23.3 Å². The van der Waals surface area contributed by atoms with Gasteiger partial charge in [-0.3, -0.25) is 14.6 Å². The largest absolute Gasteiger partial charge is 0.395 e. The summed E-state index contributed by atoms with van der Waals surface area (Å²) in [6, 6.07) is 10.2. The first-order chi connectivity index (χ1) is 17.2. The maximum atomic E-state index is 12.2. The van der Waals surface area contributed by atoms with Crippen LogP contribution in [0.15, 0.2) is 64.6 Å². The predicted molar refractivity (Wildman–Crippen MR) is 124 cm³/mol. The van der Waals surface area contributed by atoms with Crippen molar-refractivity contribution in [2.24, 2.45) is 5.92 Å². The predicted octanol–water partition coefficient (Wildman–Crippen LogP) is 2.97. The minimum atomic E-state index is -4.19. The quantitative estimate of drug-likeness (QED) is 0.451. The molecule has 4 heterocycles. The highest BCUT2D eigenvalue weighted by molar-refractivity contribution is 5.94. The monoisotopic (exact) mass is 498 g/mol. The molecule has 0 bridgehead atoms. The average Bonchev–Trinajstić information content (AvgIpc) is 3.54. The van der Waals surface area contributed by atoms with Gasteiger partial charge in [-0.1, -0.05) is 18.2 Å². The minimum Gasteiger partial charge on any atom is -0.337 e. The van der Waals surface area contributed by atoms with Crippen molar-refractivity contribution in [3.8, 4) is 11.3 Å². The Kier molecular flexibility index (Phi) is 5.94. The summed E-state index contributed by atoms with van der Waals surface area (Å²) in [6.45, 7) is -0.450. The molecule has 0 unspecified atom stereocenters. The number of aromatic amines is 2. The lowest BCUT2D eigenvalue weighted by atomic mass is 9.98. The van der Waals surface area contributed by atoms with Gasteiger partial charge in [0.05, 0.1) is 17.2 Å². The van der Waals surface area contributed by atoms with Gasteiger partial charge in [0.25, 0.3) is 11.5 Å². The molecule has 2 N–H and O–H groups in total. The summed E-state index contributed by atoms with van der Waals surface area (Å²) in [7, 11) is 0. The molecule has 1 aromatic carbocycles. The van der Waals surface area contributed by atoms with Crippen molar-refractivity contribution in [2.45, 2.75) is 24.9 Å². The maximum Gasteiger partial charge on any atom is 0.395 e. The van der Waals surface area contributed by atoms with Gasteiger partial charge in [-0.25, -0.2) is 14.3 Å².